The van der Waals surface area contributed by atoms with Gasteiger partial charge in [0, 0.05) is 25.0 Å². The van der Waals surface area contributed by atoms with Crippen molar-refractivity contribution in [3.63, 3.8) is 0 Å². The fraction of sp³-hybridized carbons (Fsp3) is 0.400. The summed E-state index contributed by atoms with van der Waals surface area (Å²) in [7, 11) is 0. The molecule has 0 atom stereocenters. The van der Waals surface area contributed by atoms with Crippen LogP contribution in [0.2, 0.25) is 0 Å². The second-order valence-corrected chi connectivity index (χ2v) is 6.82. The van der Waals surface area contributed by atoms with E-state index in [9.17, 15) is 13.2 Å². The molecule has 1 aromatic heterocycles. The largest absolute Gasteiger partial charge is 0.573 e. The predicted octanol–water partition coefficient (Wildman–Crippen LogP) is 4.29. The van der Waals surface area contributed by atoms with Gasteiger partial charge in [-0.05, 0) is 48.7 Å². The van der Waals surface area contributed by atoms with Gasteiger partial charge in [0.05, 0.1) is 6.54 Å². The predicted molar refractivity (Wildman–Crippen MR) is 107 cm³/mol. The topological polar surface area (TPSA) is 75.8 Å². The van der Waals surface area contributed by atoms with Gasteiger partial charge in [0.25, 0.3) is 0 Å². The van der Waals surface area contributed by atoms with Gasteiger partial charge in [0.1, 0.15) is 11.6 Å². The molecule has 0 saturated carbocycles. The maximum absolute atomic E-state index is 12.2. The average Bonchev–Trinajstić information content (AvgIpc) is 2.97. The van der Waals surface area contributed by atoms with Crippen LogP contribution in [-0.2, 0) is 6.54 Å². The number of guanidine groups is 1. The van der Waals surface area contributed by atoms with Crippen molar-refractivity contribution in [3.8, 4) is 5.75 Å². The fourth-order valence-corrected chi connectivity index (χ4v) is 3.10. The van der Waals surface area contributed by atoms with Crippen molar-refractivity contribution in [3.05, 3.63) is 48.2 Å². The van der Waals surface area contributed by atoms with Crippen LogP contribution in [0.4, 0.5) is 24.7 Å². The Morgan fingerprint density at radius 3 is 2.34 bits per heavy atom. The second kappa shape index (κ2) is 9.49. The number of halogens is 3. The van der Waals surface area contributed by atoms with Crippen LogP contribution in [0.3, 0.4) is 0 Å². The summed E-state index contributed by atoms with van der Waals surface area (Å²) in [5, 5.41) is 2.83. The van der Waals surface area contributed by atoms with E-state index >= 15 is 0 Å². The minimum atomic E-state index is -4.72. The zero-order chi connectivity index (χ0) is 20.7. The van der Waals surface area contributed by atoms with E-state index < -0.39 is 6.36 Å². The molecule has 9 heteroatoms. The average molecular weight is 407 g/mol. The third kappa shape index (κ3) is 6.85. The molecule has 156 valence electrons. The summed E-state index contributed by atoms with van der Waals surface area (Å²) >= 11 is 0. The minimum absolute atomic E-state index is 0.158. The first-order valence-electron chi connectivity index (χ1n) is 9.52. The van der Waals surface area contributed by atoms with E-state index in [0.29, 0.717) is 12.2 Å². The number of nitrogens with one attached hydrogen (secondary N) is 1. The molecule has 1 aliphatic rings. The Hall–Kier alpha value is -2.97. The number of rotatable bonds is 5. The van der Waals surface area contributed by atoms with Gasteiger partial charge in [-0.2, -0.15) is 0 Å². The Kier molecular flexibility index (Phi) is 6.79. The zero-order valence-electron chi connectivity index (χ0n) is 16.0. The standard InChI is InChI=1S/C20H24F3N5O/c21-20(22,23)29-17-8-6-16(7-9-17)27-19(24)26-14-15-5-10-18(25-13-15)28-11-3-1-2-4-12-28/h5-10,13H,1-4,11-12,14H2,(H3,24,26,27). The molecule has 2 heterocycles. The number of nitrogens with two attached hydrogens (primary N) is 1. The minimum Gasteiger partial charge on any atom is -0.406 e. The lowest BCUT2D eigenvalue weighted by atomic mass is 10.2. The number of pyridine rings is 1. The van der Waals surface area contributed by atoms with Gasteiger partial charge in [-0.25, -0.2) is 9.98 Å². The summed E-state index contributed by atoms with van der Waals surface area (Å²) in [6, 6.07) is 9.25. The number of anilines is 2. The summed E-state index contributed by atoms with van der Waals surface area (Å²) in [4.78, 5) is 11.1. The molecule has 0 amide bonds. The molecule has 1 saturated heterocycles. The van der Waals surface area contributed by atoms with Crippen molar-refractivity contribution in [2.45, 2.75) is 38.6 Å². The molecule has 1 fully saturated rings. The first-order chi connectivity index (χ1) is 13.9. The van der Waals surface area contributed by atoms with Crippen molar-refractivity contribution in [2.24, 2.45) is 10.7 Å². The van der Waals surface area contributed by atoms with E-state index in [1.54, 1.807) is 6.20 Å². The number of ether oxygens (including phenoxy) is 1. The number of aromatic nitrogens is 1. The molecule has 3 rings (SSSR count). The Morgan fingerprint density at radius 2 is 1.76 bits per heavy atom. The maximum Gasteiger partial charge on any atom is 0.573 e. The molecule has 0 aliphatic carbocycles. The molecule has 0 spiro atoms. The summed E-state index contributed by atoms with van der Waals surface area (Å²) in [5.74, 6) is 0.840. The van der Waals surface area contributed by atoms with Gasteiger partial charge in [-0.3, -0.25) is 0 Å². The molecule has 29 heavy (non-hydrogen) atoms. The second-order valence-electron chi connectivity index (χ2n) is 6.82. The van der Waals surface area contributed by atoms with Crippen LogP contribution in [0.15, 0.2) is 47.6 Å². The van der Waals surface area contributed by atoms with E-state index in [4.69, 9.17) is 5.73 Å². The highest BCUT2D eigenvalue weighted by molar-refractivity contribution is 5.92. The lowest BCUT2D eigenvalue weighted by Gasteiger charge is -2.21. The quantitative estimate of drug-likeness (QED) is 0.571. The third-order valence-electron chi connectivity index (χ3n) is 4.53. The van der Waals surface area contributed by atoms with Gasteiger partial charge in [0.15, 0.2) is 5.96 Å². The molecular weight excluding hydrogens is 383 g/mol. The van der Waals surface area contributed by atoms with Crippen LogP contribution in [-0.4, -0.2) is 30.4 Å². The SMILES string of the molecule is NC(=NCc1ccc(N2CCCCCC2)nc1)Nc1ccc(OC(F)(F)F)cc1. The Bertz CT molecular complexity index is 798. The summed E-state index contributed by atoms with van der Waals surface area (Å²) < 4.78 is 40.4. The summed E-state index contributed by atoms with van der Waals surface area (Å²) in [6.07, 6.45) is 2.01. The van der Waals surface area contributed by atoms with Crippen LogP contribution >= 0.6 is 0 Å². The van der Waals surface area contributed by atoms with E-state index in [1.165, 1.54) is 49.9 Å². The number of benzene rings is 1. The van der Waals surface area contributed by atoms with Gasteiger partial charge in [-0.1, -0.05) is 18.9 Å². The van der Waals surface area contributed by atoms with Gasteiger partial charge in [-0.15, -0.1) is 13.2 Å². The number of hydrogen-bond donors (Lipinski definition) is 2. The lowest BCUT2D eigenvalue weighted by molar-refractivity contribution is -0.274. The Morgan fingerprint density at radius 1 is 1.07 bits per heavy atom. The molecule has 1 aliphatic heterocycles. The van der Waals surface area contributed by atoms with E-state index in [1.807, 2.05) is 12.1 Å². The van der Waals surface area contributed by atoms with Gasteiger partial charge >= 0.3 is 6.36 Å². The summed E-state index contributed by atoms with van der Waals surface area (Å²) in [5.41, 5.74) is 7.28. The highest BCUT2D eigenvalue weighted by Crippen LogP contribution is 2.24. The highest BCUT2D eigenvalue weighted by atomic mass is 19.4. The number of hydrogen-bond acceptors (Lipinski definition) is 4. The first kappa shape index (κ1) is 20.8. The van der Waals surface area contributed by atoms with Crippen molar-refractivity contribution in [1.29, 1.82) is 0 Å². The van der Waals surface area contributed by atoms with Crippen molar-refractivity contribution in [1.82, 2.24) is 4.98 Å². The highest BCUT2D eigenvalue weighted by Gasteiger charge is 2.30. The first-order valence-corrected chi connectivity index (χ1v) is 9.52. The molecule has 3 N–H and O–H groups in total. The van der Waals surface area contributed by atoms with E-state index in [-0.39, 0.29) is 11.7 Å². The lowest BCUT2D eigenvalue weighted by Crippen LogP contribution is -2.24. The number of aliphatic imine (C=N–C) groups is 1. The molecule has 0 bridgehead atoms. The molecule has 0 radical (unpaired) electrons. The van der Waals surface area contributed by atoms with Crippen molar-refractivity contribution in [2.75, 3.05) is 23.3 Å². The smallest absolute Gasteiger partial charge is 0.406 e. The Balaban J connectivity index is 1.52. The van der Waals surface area contributed by atoms with Crippen molar-refractivity contribution < 1.29 is 17.9 Å². The third-order valence-corrected chi connectivity index (χ3v) is 4.53. The molecule has 0 unspecified atom stereocenters. The van der Waals surface area contributed by atoms with Crippen LogP contribution in [0.25, 0.3) is 0 Å². The zero-order valence-corrected chi connectivity index (χ0v) is 16.0. The number of alkyl halides is 3. The van der Waals surface area contributed by atoms with Gasteiger partial charge in [0.2, 0.25) is 0 Å². The number of nitrogens with zero attached hydrogens (tertiary/aromatic N) is 3. The monoisotopic (exact) mass is 407 g/mol. The summed E-state index contributed by atoms with van der Waals surface area (Å²) in [6.45, 7) is 2.42. The Labute approximate surface area is 167 Å². The fourth-order valence-electron chi connectivity index (χ4n) is 3.10. The van der Waals surface area contributed by atoms with Crippen LogP contribution in [0, 0.1) is 0 Å². The van der Waals surface area contributed by atoms with Crippen LogP contribution < -0.4 is 20.7 Å². The van der Waals surface area contributed by atoms with Crippen LogP contribution in [0.5, 0.6) is 5.75 Å². The van der Waals surface area contributed by atoms with Crippen molar-refractivity contribution >= 4 is 17.5 Å². The molecule has 2 aromatic rings. The maximum atomic E-state index is 12.2. The molecule has 6 nitrogen and oxygen atoms in total. The molecular formula is C20H24F3N5O. The van der Waals surface area contributed by atoms with Crippen LogP contribution in [0.1, 0.15) is 31.2 Å². The van der Waals surface area contributed by atoms with E-state index in [0.717, 1.165) is 24.5 Å². The van der Waals surface area contributed by atoms with E-state index in [2.05, 4.69) is 24.9 Å². The van der Waals surface area contributed by atoms with Gasteiger partial charge < -0.3 is 20.7 Å². The molecule has 1 aromatic carbocycles. The normalized spacial score (nSPS) is 15.7.